The average molecular weight is 357 g/mol. The van der Waals surface area contributed by atoms with Crippen molar-refractivity contribution in [2.75, 3.05) is 4.90 Å². The summed E-state index contributed by atoms with van der Waals surface area (Å²) < 4.78 is 0. The van der Waals surface area contributed by atoms with Crippen LogP contribution in [0.25, 0.3) is 6.08 Å². The standard InChI is InChI=1S/C18H15NO7/c20-13-3-1-9(5-14(13)21)2-4-17(24)19-11-8-16(23)15(22)7-10(11)6-12(19)18(25)26/h1-5,7-8,12,20-23H,6H2,(H,25,26)/b4-2+/t12-/m0/s1. The number of phenolic OH excluding ortho intramolecular Hbond substituents is 4. The van der Waals surface area contributed by atoms with E-state index >= 15 is 0 Å². The number of carbonyl (C=O) groups is 2. The smallest absolute Gasteiger partial charge is 0.327 e. The second kappa shape index (κ2) is 6.32. The van der Waals surface area contributed by atoms with E-state index in [0.29, 0.717) is 11.1 Å². The van der Waals surface area contributed by atoms with Crippen molar-refractivity contribution in [2.45, 2.75) is 12.5 Å². The Morgan fingerprint density at radius 2 is 1.62 bits per heavy atom. The van der Waals surface area contributed by atoms with Gasteiger partial charge in [-0.25, -0.2) is 4.79 Å². The average Bonchev–Trinajstić information content (AvgIpc) is 2.94. The number of phenols is 4. The number of carboxylic acid groups (broad SMARTS) is 1. The lowest BCUT2D eigenvalue weighted by Crippen LogP contribution is -2.42. The van der Waals surface area contributed by atoms with E-state index in [4.69, 9.17) is 0 Å². The Balaban J connectivity index is 1.94. The molecule has 1 amide bonds. The molecule has 26 heavy (non-hydrogen) atoms. The van der Waals surface area contributed by atoms with Crippen LogP contribution in [0.5, 0.6) is 23.0 Å². The molecule has 8 heteroatoms. The maximum Gasteiger partial charge on any atom is 0.327 e. The highest BCUT2D eigenvalue weighted by atomic mass is 16.4. The van der Waals surface area contributed by atoms with Gasteiger partial charge in [-0.05, 0) is 35.4 Å². The van der Waals surface area contributed by atoms with Gasteiger partial charge in [0, 0.05) is 18.6 Å². The zero-order valence-electron chi connectivity index (χ0n) is 13.3. The number of aliphatic carboxylic acids is 1. The van der Waals surface area contributed by atoms with Crippen LogP contribution in [0.4, 0.5) is 5.69 Å². The number of anilines is 1. The number of hydrogen-bond acceptors (Lipinski definition) is 6. The van der Waals surface area contributed by atoms with E-state index in [2.05, 4.69) is 0 Å². The molecule has 2 aromatic carbocycles. The van der Waals surface area contributed by atoms with E-state index in [9.17, 15) is 35.1 Å². The molecule has 2 aromatic rings. The summed E-state index contributed by atoms with van der Waals surface area (Å²) in [6.07, 6.45) is 2.48. The Morgan fingerprint density at radius 1 is 0.962 bits per heavy atom. The molecule has 1 atom stereocenters. The highest BCUT2D eigenvalue weighted by Gasteiger charge is 2.38. The molecule has 0 aliphatic carbocycles. The molecule has 3 rings (SSSR count). The third-order valence-electron chi connectivity index (χ3n) is 4.10. The van der Waals surface area contributed by atoms with E-state index in [1.54, 1.807) is 0 Å². The van der Waals surface area contributed by atoms with Crippen molar-refractivity contribution >= 4 is 23.6 Å². The van der Waals surface area contributed by atoms with E-state index in [-0.39, 0.29) is 23.6 Å². The van der Waals surface area contributed by atoms with Crippen LogP contribution in [0.3, 0.4) is 0 Å². The summed E-state index contributed by atoms with van der Waals surface area (Å²) in [5, 5.41) is 47.4. The highest BCUT2D eigenvalue weighted by molar-refractivity contribution is 6.09. The minimum atomic E-state index is -1.22. The molecule has 1 aliphatic heterocycles. The zero-order chi connectivity index (χ0) is 19.0. The van der Waals surface area contributed by atoms with Crippen LogP contribution in [-0.2, 0) is 16.0 Å². The Labute approximate surface area is 147 Å². The maximum absolute atomic E-state index is 12.6. The molecule has 1 heterocycles. The first-order valence-electron chi connectivity index (χ1n) is 7.59. The molecule has 1 aliphatic rings. The lowest BCUT2D eigenvalue weighted by Gasteiger charge is -2.21. The van der Waals surface area contributed by atoms with Crippen molar-refractivity contribution in [1.29, 1.82) is 0 Å². The molecular formula is C18H15NO7. The molecule has 0 unspecified atom stereocenters. The van der Waals surface area contributed by atoms with Crippen molar-refractivity contribution < 1.29 is 35.1 Å². The summed E-state index contributed by atoms with van der Waals surface area (Å²) >= 11 is 0. The largest absolute Gasteiger partial charge is 0.504 e. The minimum Gasteiger partial charge on any atom is -0.504 e. The fraction of sp³-hybridized carbons (Fsp3) is 0.111. The predicted molar refractivity (Wildman–Crippen MR) is 91.2 cm³/mol. The first-order valence-corrected chi connectivity index (χ1v) is 7.59. The van der Waals surface area contributed by atoms with Gasteiger partial charge in [-0.2, -0.15) is 0 Å². The normalized spacial score (nSPS) is 16.0. The van der Waals surface area contributed by atoms with E-state index < -0.39 is 29.4 Å². The van der Waals surface area contributed by atoms with Crippen LogP contribution in [0.15, 0.2) is 36.4 Å². The number of nitrogens with zero attached hydrogens (tertiary/aromatic N) is 1. The Bertz CT molecular complexity index is 935. The SMILES string of the molecule is O=C(O)[C@@H]1Cc2cc(O)c(O)cc2N1C(=O)/C=C/c1ccc(O)c(O)c1. The van der Waals surface area contributed by atoms with Gasteiger partial charge in [-0.1, -0.05) is 6.07 Å². The zero-order valence-corrected chi connectivity index (χ0v) is 13.3. The third kappa shape index (κ3) is 3.00. The van der Waals surface area contributed by atoms with Gasteiger partial charge in [0.2, 0.25) is 0 Å². The van der Waals surface area contributed by atoms with Gasteiger partial charge in [-0.3, -0.25) is 9.69 Å². The number of aromatic hydroxyl groups is 4. The molecule has 134 valence electrons. The van der Waals surface area contributed by atoms with E-state index in [1.165, 1.54) is 30.3 Å². The lowest BCUT2D eigenvalue weighted by atomic mass is 10.1. The first kappa shape index (κ1) is 17.2. The first-order chi connectivity index (χ1) is 12.3. The number of benzene rings is 2. The second-order valence-corrected chi connectivity index (χ2v) is 5.82. The molecule has 0 saturated carbocycles. The molecule has 0 bridgehead atoms. The van der Waals surface area contributed by atoms with Gasteiger partial charge in [0.15, 0.2) is 23.0 Å². The van der Waals surface area contributed by atoms with E-state index in [0.717, 1.165) is 17.0 Å². The summed E-state index contributed by atoms with van der Waals surface area (Å²) in [6.45, 7) is 0. The van der Waals surface area contributed by atoms with Gasteiger partial charge in [0.05, 0.1) is 5.69 Å². The summed E-state index contributed by atoms with van der Waals surface area (Å²) in [7, 11) is 0. The summed E-state index contributed by atoms with van der Waals surface area (Å²) in [6, 6.07) is 5.18. The number of rotatable bonds is 3. The predicted octanol–water partition coefficient (Wildman–Crippen LogP) is 1.56. The number of hydrogen-bond donors (Lipinski definition) is 5. The van der Waals surface area contributed by atoms with Crippen LogP contribution in [0.1, 0.15) is 11.1 Å². The van der Waals surface area contributed by atoms with Crippen molar-refractivity contribution in [1.82, 2.24) is 0 Å². The van der Waals surface area contributed by atoms with Crippen LogP contribution < -0.4 is 4.90 Å². The van der Waals surface area contributed by atoms with E-state index in [1.807, 2.05) is 0 Å². The maximum atomic E-state index is 12.6. The Hall–Kier alpha value is -3.68. The molecule has 0 spiro atoms. The summed E-state index contributed by atoms with van der Waals surface area (Å²) in [5.74, 6) is -3.37. The Morgan fingerprint density at radius 3 is 2.27 bits per heavy atom. The van der Waals surface area contributed by atoms with Crippen LogP contribution in [0.2, 0.25) is 0 Å². The molecule has 0 radical (unpaired) electrons. The Kier molecular flexibility index (Phi) is 4.17. The number of carboxylic acids is 1. The molecule has 0 aromatic heterocycles. The molecule has 8 nitrogen and oxygen atoms in total. The van der Waals surface area contributed by atoms with Gasteiger partial charge >= 0.3 is 5.97 Å². The van der Waals surface area contributed by atoms with Crippen molar-refractivity contribution in [3.05, 3.63) is 47.5 Å². The van der Waals surface area contributed by atoms with Crippen LogP contribution >= 0.6 is 0 Å². The highest BCUT2D eigenvalue weighted by Crippen LogP contribution is 2.40. The molecular weight excluding hydrogens is 342 g/mol. The van der Waals surface area contributed by atoms with Crippen LogP contribution in [0, 0.1) is 0 Å². The topological polar surface area (TPSA) is 139 Å². The van der Waals surface area contributed by atoms with Gasteiger partial charge in [0.1, 0.15) is 6.04 Å². The number of amides is 1. The van der Waals surface area contributed by atoms with Crippen molar-refractivity contribution in [3.8, 4) is 23.0 Å². The lowest BCUT2D eigenvalue weighted by molar-refractivity contribution is -0.139. The minimum absolute atomic E-state index is 0.00190. The van der Waals surface area contributed by atoms with Gasteiger partial charge < -0.3 is 25.5 Å². The molecule has 0 fully saturated rings. The monoisotopic (exact) mass is 357 g/mol. The number of carbonyl (C=O) groups excluding carboxylic acids is 1. The molecule has 5 N–H and O–H groups in total. The van der Waals surface area contributed by atoms with Gasteiger partial charge in [0.25, 0.3) is 5.91 Å². The van der Waals surface area contributed by atoms with Crippen molar-refractivity contribution in [2.24, 2.45) is 0 Å². The third-order valence-corrected chi connectivity index (χ3v) is 4.10. The summed E-state index contributed by atoms with van der Waals surface area (Å²) in [5.41, 5.74) is 1.06. The molecule has 0 saturated heterocycles. The number of fused-ring (bicyclic) bond motifs is 1. The van der Waals surface area contributed by atoms with Gasteiger partial charge in [-0.15, -0.1) is 0 Å². The summed E-state index contributed by atoms with van der Waals surface area (Å²) in [4.78, 5) is 25.1. The fourth-order valence-electron chi connectivity index (χ4n) is 2.83. The second-order valence-electron chi connectivity index (χ2n) is 5.82. The fourth-order valence-corrected chi connectivity index (χ4v) is 2.83. The van der Waals surface area contributed by atoms with Crippen LogP contribution in [-0.4, -0.2) is 43.5 Å². The quantitative estimate of drug-likeness (QED) is 0.415. The van der Waals surface area contributed by atoms with Crippen molar-refractivity contribution in [3.63, 3.8) is 0 Å².